The zero-order valence-electron chi connectivity index (χ0n) is 16.8. The van der Waals surface area contributed by atoms with Crippen LogP contribution in [0.25, 0.3) is 21.8 Å². The van der Waals surface area contributed by atoms with Crippen molar-refractivity contribution in [2.45, 2.75) is 51.0 Å². The highest BCUT2D eigenvalue weighted by Gasteiger charge is 2.28. The molecule has 1 saturated heterocycles. The quantitative estimate of drug-likeness (QED) is 0.596. The lowest BCUT2D eigenvalue weighted by atomic mass is 10.1. The van der Waals surface area contributed by atoms with Gasteiger partial charge in [0.2, 0.25) is 0 Å². The molecule has 1 aliphatic heterocycles. The van der Waals surface area contributed by atoms with Crippen molar-refractivity contribution in [3.05, 3.63) is 30.1 Å². The van der Waals surface area contributed by atoms with Crippen molar-refractivity contribution in [2.24, 2.45) is 0 Å². The minimum absolute atomic E-state index is 0.609. The van der Waals surface area contributed by atoms with Crippen LogP contribution >= 0.6 is 0 Å². The van der Waals surface area contributed by atoms with Gasteiger partial charge in [-0.05, 0) is 57.7 Å². The Morgan fingerprint density at radius 2 is 2.07 bits per heavy atom. The molecule has 2 aromatic heterocycles. The molecule has 2 fully saturated rings. The normalized spacial score (nSPS) is 20.3. The Hall–Kier alpha value is -2.27. The summed E-state index contributed by atoms with van der Waals surface area (Å²) in [4.78, 5) is 10.8. The third-order valence-electron chi connectivity index (χ3n) is 6.32. The standard InChI is InChI=1S/C23H29N3O2/c1-15-5-3-10-26(15)11-4-12-28-21-14-19-17(13-20(21)27-2)22-18(25-19)8-9-24-23(22)16-6-7-16/h8-9,13-16,25H,3-7,10-12H2,1-2H3. The molecule has 148 valence electrons. The van der Waals surface area contributed by atoms with Crippen LogP contribution in [0, 0.1) is 0 Å². The van der Waals surface area contributed by atoms with Crippen LogP contribution in [-0.4, -0.2) is 47.7 Å². The first-order valence-electron chi connectivity index (χ1n) is 10.6. The number of nitrogens with one attached hydrogen (secondary N) is 1. The molecule has 1 atom stereocenters. The Kier molecular flexibility index (Phi) is 4.63. The van der Waals surface area contributed by atoms with E-state index < -0.39 is 0 Å². The van der Waals surface area contributed by atoms with Gasteiger partial charge in [-0.25, -0.2) is 0 Å². The van der Waals surface area contributed by atoms with Crippen molar-refractivity contribution in [2.75, 3.05) is 26.8 Å². The molecular weight excluding hydrogens is 350 g/mol. The van der Waals surface area contributed by atoms with Crippen LogP contribution in [0.1, 0.15) is 50.6 Å². The highest BCUT2D eigenvalue weighted by molar-refractivity contribution is 6.09. The maximum atomic E-state index is 6.13. The smallest absolute Gasteiger partial charge is 0.163 e. The maximum absolute atomic E-state index is 6.13. The molecule has 0 amide bonds. The number of hydrogen-bond donors (Lipinski definition) is 1. The van der Waals surface area contributed by atoms with Gasteiger partial charge >= 0.3 is 0 Å². The number of fused-ring (bicyclic) bond motifs is 3. The van der Waals surface area contributed by atoms with E-state index in [1.54, 1.807) is 7.11 Å². The van der Waals surface area contributed by atoms with Gasteiger partial charge in [-0.3, -0.25) is 4.98 Å². The van der Waals surface area contributed by atoms with E-state index >= 15 is 0 Å². The second kappa shape index (κ2) is 7.28. The molecule has 3 aromatic rings. The van der Waals surface area contributed by atoms with E-state index in [1.807, 2.05) is 6.20 Å². The van der Waals surface area contributed by atoms with Gasteiger partial charge < -0.3 is 19.4 Å². The van der Waals surface area contributed by atoms with Gasteiger partial charge in [-0.15, -0.1) is 0 Å². The monoisotopic (exact) mass is 379 g/mol. The zero-order valence-corrected chi connectivity index (χ0v) is 16.8. The Labute approximate surface area is 166 Å². The minimum atomic E-state index is 0.609. The molecule has 2 aliphatic rings. The van der Waals surface area contributed by atoms with E-state index in [9.17, 15) is 0 Å². The first-order chi connectivity index (χ1) is 13.7. The molecule has 5 heteroatoms. The second-order valence-electron chi connectivity index (χ2n) is 8.30. The third kappa shape index (κ3) is 3.22. The third-order valence-corrected chi connectivity index (χ3v) is 6.32. The van der Waals surface area contributed by atoms with Crippen LogP contribution in [0.2, 0.25) is 0 Å². The average molecular weight is 380 g/mol. The molecule has 0 bridgehead atoms. The summed E-state index contributed by atoms with van der Waals surface area (Å²) in [7, 11) is 1.72. The van der Waals surface area contributed by atoms with Gasteiger partial charge in [-0.2, -0.15) is 0 Å². The molecule has 1 N–H and O–H groups in total. The number of ether oxygens (including phenoxy) is 2. The minimum Gasteiger partial charge on any atom is -0.493 e. The van der Waals surface area contributed by atoms with Gasteiger partial charge in [0.15, 0.2) is 11.5 Å². The van der Waals surface area contributed by atoms with Crippen molar-refractivity contribution in [1.82, 2.24) is 14.9 Å². The molecule has 1 aliphatic carbocycles. The first kappa shape index (κ1) is 17.8. The number of aromatic amines is 1. The first-order valence-corrected chi connectivity index (χ1v) is 10.6. The van der Waals surface area contributed by atoms with Gasteiger partial charge in [-0.1, -0.05) is 0 Å². The molecule has 5 nitrogen and oxygen atoms in total. The maximum Gasteiger partial charge on any atom is 0.163 e. The number of H-pyrrole nitrogens is 1. The lowest BCUT2D eigenvalue weighted by Crippen LogP contribution is -2.28. The van der Waals surface area contributed by atoms with E-state index in [1.165, 1.54) is 48.7 Å². The van der Waals surface area contributed by atoms with Gasteiger partial charge in [0.1, 0.15) is 0 Å². The van der Waals surface area contributed by atoms with Crippen molar-refractivity contribution in [1.29, 1.82) is 0 Å². The number of aromatic nitrogens is 2. The fourth-order valence-electron chi connectivity index (χ4n) is 4.59. The van der Waals surface area contributed by atoms with E-state index in [-0.39, 0.29) is 0 Å². The van der Waals surface area contributed by atoms with Crippen molar-refractivity contribution < 1.29 is 9.47 Å². The summed E-state index contributed by atoms with van der Waals surface area (Å²) in [6.45, 7) is 5.36. The lowest BCUT2D eigenvalue weighted by Gasteiger charge is -2.20. The summed E-state index contributed by atoms with van der Waals surface area (Å²) in [5.74, 6) is 2.23. The SMILES string of the molecule is COc1cc2c(cc1OCCCN1CCCC1C)[nH]c1ccnc(C3CC3)c12. The number of hydrogen-bond acceptors (Lipinski definition) is 4. The largest absolute Gasteiger partial charge is 0.493 e. The van der Waals surface area contributed by atoms with Crippen LogP contribution < -0.4 is 9.47 Å². The number of pyridine rings is 1. The van der Waals surface area contributed by atoms with Crippen molar-refractivity contribution >= 4 is 21.8 Å². The number of benzene rings is 1. The van der Waals surface area contributed by atoms with E-state index in [0.717, 1.165) is 35.5 Å². The van der Waals surface area contributed by atoms with E-state index in [4.69, 9.17) is 9.47 Å². The Balaban J connectivity index is 1.38. The van der Waals surface area contributed by atoms with Crippen molar-refractivity contribution in [3.8, 4) is 11.5 Å². The Bertz CT molecular complexity index is 992. The van der Waals surface area contributed by atoms with Gasteiger partial charge in [0.05, 0.1) is 24.9 Å². The van der Waals surface area contributed by atoms with Crippen LogP contribution in [0.5, 0.6) is 11.5 Å². The molecular formula is C23H29N3O2. The molecule has 0 spiro atoms. The number of methoxy groups -OCH3 is 1. The predicted molar refractivity (Wildman–Crippen MR) is 113 cm³/mol. The summed E-state index contributed by atoms with van der Waals surface area (Å²) in [6.07, 6.45) is 8.08. The van der Waals surface area contributed by atoms with Gasteiger partial charge in [0.25, 0.3) is 0 Å². The number of rotatable bonds is 7. The van der Waals surface area contributed by atoms with Crippen LogP contribution in [-0.2, 0) is 0 Å². The molecule has 1 aromatic carbocycles. The summed E-state index contributed by atoms with van der Waals surface area (Å²) in [5, 5.41) is 2.42. The number of nitrogens with zero attached hydrogens (tertiary/aromatic N) is 2. The number of likely N-dealkylation sites (tertiary alicyclic amines) is 1. The zero-order chi connectivity index (χ0) is 19.1. The molecule has 1 unspecified atom stereocenters. The fourth-order valence-corrected chi connectivity index (χ4v) is 4.59. The molecule has 5 rings (SSSR count). The van der Waals surface area contributed by atoms with Crippen LogP contribution in [0.15, 0.2) is 24.4 Å². The van der Waals surface area contributed by atoms with Crippen LogP contribution in [0.3, 0.4) is 0 Å². The summed E-state index contributed by atoms with van der Waals surface area (Å²) >= 11 is 0. The molecule has 3 heterocycles. The summed E-state index contributed by atoms with van der Waals surface area (Å²) < 4.78 is 11.8. The van der Waals surface area contributed by atoms with Gasteiger partial charge in [0, 0.05) is 47.1 Å². The predicted octanol–water partition coefficient (Wildman–Crippen LogP) is 4.86. The highest BCUT2D eigenvalue weighted by Crippen LogP contribution is 2.45. The Morgan fingerprint density at radius 1 is 1.18 bits per heavy atom. The average Bonchev–Trinajstić information content (AvgIpc) is 3.38. The Morgan fingerprint density at radius 3 is 2.82 bits per heavy atom. The lowest BCUT2D eigenvalue weighted by molar-refractivity contribution is 0.226. The van der Waals surface area contributed by atoms with E-state index in [2.05, 4.69) is 40.0 Å². The van der Waals surface area contributed by atoms with E-state index in [0.29, 0.717) is 18.6 Å². The molecule has 28 heavy (non-hydrogen) atoms. The fraction of sp³-hybridized carbons (Fsp3) is 0.522. The highest BCUT2D eigenvalue weighted by atomic mass is 16.5. The van der Waals surface area contributed by atoms with Crippen molar-refractivity contribution in [3.63, 3.8) is 0 Å². The second-order valence-corrected chi connectivity index (χ2v) is 8.30. The molecule has 0 radical (unpaired) electrons. The summed E-state index contributed by atoms with van der Waals surface area (Å²) in [6, 6.07) is 6.97. The molecule has 1 saturated carbocycles. The topological polar surface area (TPSA) is 50.4 Å². The van der Waals surface area contributed by atoms with Crippen LogP contribution in [0.4, 0.5) is 0 Å². The summed E-state index contributed by atoms with van der Waals surface area (Å²) in [5.41, 5.74) is 3.46.